The molecule has 0 aromatic carbocycles. The molecule has 0 N–H and O–H groups in total. The second-order valence-electron chi connectivity index (χ2n) is 5.30. The number of carbonyl (C=O) groups excluding carboxylic acids is 2. The Morgan fingerprint density at radius 1 is 1.00 bits per heavy atom. The van der Waals surface area contributed by atoms with Crippen molar-refractivity contribution in [3.8, 4) is 0 Å². The summed E-state index contributed by atoms with van der Waals surface area (Å²) in [6.45, 7) is 1.59. The minimum Gasteiger partial charge on any atom is -0.373 e. The van der Waals surface area contributed by atoms with Gasteiger partial charge < -0.3 is 4.74 Å². The first-order valence-corrected chi connectivity index (χ1v) is 7.22. The number of hydrogen-bond acceptors (Lipinski definition) is 3. The molecule has 2 fully saturated rings. The molecule has 0 aromatic heterocycles. The van der Waals surface area contributed by atoms with Gasteiger partial charge in [0.25, 0.3) is 0 Å². The third kappa shape index (κ3) is 4.41. The van der Waals surface area contributed by atoms with Gasteiger partial charge in [0, 0.05) is 19.4 Å². The fourth-order valence-electron chi connectivity index (χ4n) is 2.46. The lowest BCUT2D eigenvalue weighted by atomic mass is 10.1. The molecule has 0 aliphatic carbocycles. The molecular formula is C14H23NO3. The zero-order valence-corrected chi connectivity index (χ0v) is 11.0. The predicted octanol–water partition coefficient (Wildman–Crippen LogP) is 2.26. The fraction of sp³-hybridized carbons (Fsp3) is 0.857. The summed E-state index contributed by atoms with van der Waals surface area (Å²) >= 11 is 0. The van der Waals surface area contributed by atoms with E-state index in [1.807, 2.05) is 0 Å². The third-order valence-corrected chi connectivity index (χ3v) is 3.69. The normalized spacial score (nSPS) is 23.6. The van der Waals surface area contributed by atoms with Crippen LogP contribution in [0.25, 0.3) is 0 Å². The number of carbonyl (C=O) groups is 2. The minimum atomic E-state index is 0.0251. The van der Waals surface area contributed by atoms with Gasteiger partial charge in [-0.05, 0) is 19.3 Å². The maximum absolute atomic E-state index is 11.5. The second kappa shape index (κ2) is 6.88. The molecule has 1 unspecified atom stereocenters. The Hall–Kier alpha value is -0.900. The van der Waals surface area contributed by atoms with Gasteiger partial charge in [-0.25, -0.2) is 0 Å². The van der Waals surface area contributed by atoms with Crippen LogP contribution < -0.4 is 0 Å². The summed E-state index contributed by atoms with van der Waals surface area (Å²) in [6, 6.07) is 0. The van der Waals surface area contributed by atoms with Crippen LogP contribution in [0.4, 0.5) is 0 Å². The average molecular weight is 253 g/mol. The molecule has 2 aliphatic heterocycles. The molecule has 0 saturated carbocycles. The first-order valence-electron chi connectivity index (χ1n) is 7.22. The van der Waals surface area contributed by atoms with Gasteiger partial charge in [0.2, 0.25) is 11.8 Å². The van der Waals surface area contributed by atoms with E-state index in [0.717, 1.165) is 25.9 Å². The molecule has 1 atom stereocenters. The lowest BCUT2D eigenvalue weighted by Crippen LogP contribution is -2.40. The average Bonchev–Trinajstić information content (AvgIpc) is 3.15. The minimum absolute atomic E-state index is 0.0251. The van der Waals surface area contributed by atoms with Crippen LogP contribution in [-0.4, -0.2) is 36.0 Å². The van der Waals surface area contributed by atoms with E-state index in [1.54, 1.807) is 0 Å². The van der Waals surface area contributed by atoms with Gasteiger partial charge in [-0.3, -0.25) is 14.5 Å². The van der Waals surface area contributed by atoms with Crippen LogP contribution in [0.1, 0.15) is 57.8 Å². The van der Waals surface area contributed by atoms with Gasteiger partial charge in [-0.1, -0.05) is 25.7 Å². The van der Waals surface area contributed by atoms with Crippen LogP contribution in [0.5, 0.6) is 0 Å². The zero-order valence-electron chi connectivity index (χ0n) is 11.0. The number of imide groups is 1. The van der Waals surface area contributed by atoms with Crippen molar-refractivity contribution in [3.63, 3.8) is 0 Å². The largest absolute Gasteiger partial charge is 0.373 e. The quantitative estimate of drug-likeness (QED) is 0.379. The van der Waals surface area contributed by atoms with Gasteiger partial charge in [-0.2, -0.15) is 0 Å². The van der Waals surface area contributed by atoms with Crippen molar-refractivity contribution >= 4 is 11.8 Å². The first kappa shape index (κ1) is 13.5. The fourth-order valence-corrected chi connectivity index (χ4v) is 2.46. The third-order valence-electron chi connectivity index (χ3n) is 3.69. The molecule has 4 heteroatoms. The van der Waals surface area contributed by atoms with Crippen LogP contribution in [0, 0.1) is 0 Å². The molecule has 0 spiro atoms. The van der Waals surface area contributed by atoms with Crippen molar-refractivity contribution in [3.05, 3.63) is 0 Å². The van der Waals surface area contributed by atoms with Crippen LogP contribution in [0.2, 0.25) is 0 Å². The summed E-state index contributed by atoms with van der Waals surface area (Å²) in [4.78, 5) is 24.5. The Bertz CT molecular complexity index is 283. The Morgan fingerprint density at radius 3 is 2.28 bits per heavy atom. The standard InChI is InChI=1S/C14H23NO3/c16-13-8-6-9-14(17)15(13)10-5-3-1-2-4-7-12-11-18-12/h12H,1-11H2. The Labute approximate surface area is 109 Å². The molecule has 2 rings (SSSR count). The van der Waals surface area contributed by atoms with Crippen molar-refractivity contribution in [2.24, 2.45) is 0 Å². The smallest absolute Gasteiger partial charge is 0.229 e. The highest BCUT2D eigenvalue weighted by Gasteiger charge is 2.25. The number of amides is 2. The molecule has 0 aromatic rings. The van der Waals surface area contributed by atoms with E-state index in [2.05, 4.69) is 0 Å². The predicted molar refractivity (Wildman–Crippen MR) is 68.0 cm³/mol. The van der Waals surface area contributed by atoms with Crippen molar-refractivity contribution in [2.45, 2.75) is 63.9 Å². The number of nitrogens with zero attached hydrogens (tertiary/aromatic N) is 1. The van der Waals surface area contributed by atoms with Crippen LogP contribution in [-0.2, 0) is 14.3 Å². The zero-order chi connectivity index (χ0) is 12.8. The van der Waals surface area contributed by atoms with Crippen molar-refractivity contribution < 1.29 is 14.3 Å². The Morgan fingerprint density at radius 2 is 1.61 bits per heavy atom. The lowest BCUT2D eigenvalue weighted by Gasteiger charge is -2.24. The number of piperidine rings is 1. The number of ether oxygens (including phenoxy) is 1. The maximum atomic E-state index is 11.5. The van der Waals surface area contributed by atoms with Crippen LogP contribution >= 0.6 is 0 Å². The van der Waals surface area contributed by atoms with Gasteiger partial charge in [0.05, 0.1) is 12.7 Å². The van der Waals surface area contributed by atoms with Crippen molar-refractivity contribution in [1.29, 1.82) is 0 Å². The summed E-state index contributed by atoms with van der Waals surface area (Å²) in [5.74, 6) is 0.0502. The number of epoxide rings is 1. The van der Waals surface area contributed by atoms with Gasteiger partial charge in [0.1, 0.15) is 0 Å². The highest BCUT2D eigenvalue weighted by Crippen LogP contribution is 2.18. The van der Waals surface area contributed by atoms with E-state index < -0.39 is 0 Å². The van der Waals surface area contributed by atoms with E-state index >= 15 is 0 Å². The molecule has 102 valence electrons. The van der Waals surface area contributed by atoms with E-state index in [1.165, 1.54) is 30.6 Å². The topological polar surface area (TPSA) is 49.9 Å². The molecule has 18 heavy (non-hydrogen) atoms. The van der Waals surface area contributed by atoms with Gasteiger partial charge in [0.15, 0.2) is 0 Å². The summed E-state index contributed by atoms with van der Waals surface area (Å²) in [7, 11) is 0. The molecule has 4 nitrogen and oxygen atoms in total. The van der Waals surface area contributed by atoms with Crippen molar-refractivity contribution in [2.75, 3.05) is 13.2 Å². The summed E-state index contributed by atoms with van der Waals surface area (Å²) in [5.41, 5.74) is 0. The van der Waals surface area contributed by atoms with Gasteiger partial charge >= 0.3 is 0 Å². The van der Waals surface area contributed by atoms with Crippen LogP contribution in [0.15, 0.2) is 0 Å². The SMILES string of the molecule is O=C1CCCC(=O)N1CCCCCCCC1CO1. The number of unbranched alkanes of at least 4 members (excludes halogenated alkanes) is 4. The molecular weight excluding hydrogens is 230 g/mol. The highest BCUT2D eigenvalue weighted by molar-refractivity contribution is 5.97. The summed E-state index contributed by atoms with van der Waals surface area (Å²) < 4.78 is 5.16. The molecule has 2 amide bonds. The summed E-state index contributed by atoms with van der Waals surface area (Å²) in [6.07, 6.45) is 9.33. The van der Waals surface area contributed by atoms with E-state index in [0.29, 0.717) is 25.5 Å². The van der Waals surface area contributed by atoms with Crippen molar-refractivity contribution in [1.82, 2.24) is 4.90 Å². The number of hydrogen-bond donors (Lipinski definition) is 0. The lowest BCUT2D eigenvalue weighted by molar-refractivity contribution is -0.147. The molecule has 2 heterocycles. The first-order chi connectivity index (χ1) is 8.77. The van der Waals surface area contributed by atoms with Gasteiger partial charge in [-0.15, -0.1) is 0 Å². The number of rotatable bonds is 8. The highest BCUT2D eigenvalue weighted by atomic mass is 16.6. The molecule has 0 radical (unpaired) electrons. The molecule has 2 saturated heterocycles. The van der Waals surface area contributed by atoms with E-state index in [4.69, 9.17) is 4.74 Å². The molecule has 0 bridgehead atoms. The number of likely N-dealkylation sites (tertiary alicyclic amines) is 1. The monoisotopic (exact) mass is 253 g/mol. The Balaban J connectivity index is 1.48. The van der Waals surface area contributed by atoms with Crippen LogP contribution in [0.3, 0.4) is 0 Å². The molecule has 2 aliphatic rings. The summed E-state index contributed by atoms with van der Waals surface area (Å²) in [5, 5.41) is 0. The Kier molecular flexibility index (Phi) is 5.17. The van der Waals surface area contributed by atoms with E-state index in [9.17, 15) is 9.59 Å². The van der Waals surface area contributed by atoms with E-state index in [-0.39, 0.29) is 11.8 Å². The maximum Gasteiger partial charge on any atom is 0.229 e. The second-order valence-corrected chi connectivity index (χ2v) is 5.30.